The minimum atomic E-state index is -4.92. The average molecular weight is 260 g/mol. The Morgan fingerprint density at radius 1 is 1.06 bits per heavy atom. The summed E-state index contributed by atoms with van der Waals surface area (Å²) < 4.78 is 42.6. The number of hydrogen-bond acceptors (Lipinski definition) is 2. The van der Waals surface area contributed by atoms with Crippen LogP contribution in [0.15, 0.2) is 24.3 Å². The molecule has 6 heteroatoms. The maximum atomic E-state index is 12.4. The van der Waals surface area contributed by atoms with E-state index in [2.05, 4.69) is 18.7 Å². The predicted octanol–water partition coefficient (Wildman–Crippen LogP) is 2.46. The molecule has 0 atom stereocenters. The summed E-state index contributed by atoms with van der Waals surface area (Å²) in [4.78, 5) is 2.19. The second kappa shape index (κ2) is 6.68. The van der Waals surface area contributed by atoms with Crippen molar-refractivity contribution in [1.82, 2.24) is 4.90 Å². The fourth-order valence-corrected chi connectivity index (χ4v) is 1.61. The Hall–Kier alpha value is -1.17. The highest BCUT2D eigenvalue weighted by atomic mass is 19.4. The largest absolute Gasteiger partial charge is 0.509 e. The zero-order valence-corrected chi connectivity index (χ0v) is 10.7. The van der Waals surface area contributed by atoms with E-state index in [1.165, 1.54) is 12.1 Å². The minimum absolute atomic E-state index is 0.478. The predicted molar refractivity (Wildman–Crippen MR) is 68.4 cm³/mol. The highest BCUT2D eigenvalue weighted by Gasteiger charge is 2.24. The highest BCUT2D eigenvalue weighted by molar-refractivity contribution is 6.73. The zero-order chi connectivity index (χ0) is 13.6. The number of likely N-dealkylation sites (N-methyl/N-ethyl adjacent to an activating group) is 1. The summed E-state index contributed by atoms with van der Waals surface area (Å²) in [6.45, 7) is 2.34. The van der Waals surface area contributed by atoms with Crippen molar-refractivity contribution in [3.05, 3.63) is 24.3 Å². The summed E-state index contributed by atoms with van der Waals surface area (Å²) in [6.07, 6.45) is 0. The molecule has 1 aromatic carbocycles. The van der Waals surface area contributed by atoms with Crippen molar-refractivity contribution in [1.29, 1.82) is 0 Å². The van der Waals surface area contributed by atoms with E-state index in [4.69, 9.17) is 4.74 Å². The van der Waals surface area contributed by atoms with Gasteiger partial charge in [0, 0.05) is 6.54 Å². The number of ether oxygens (including phenoxy) is 1. The Balaban J connectivity index is 2.45. The van der Waals surface area contributed by atoms with E-state index < -0.39 is 12.4 Å². The normalized spacial score (nSPS) is 11.9. The van der Waals surface area contributed by atoms with E-state index in [-0.39, 0.29) is 0 Å². The van der Waals surface area contributed by atoms with Crippen molar-refractivity contribution in [3.63, 3.8) is 0 Å². The quantitative estimate of drug-likeness (QED) is 0.698. The Labute approximate surface area is 106 Å². The fraction of sp³-hybridized carbons (Fsp3) is 0.500. The van der Waals surface area contributed by atoms with Gasteiger partial charge in [-0.05, 0) is 25.2 Å². The SMILES string of the molecule is CCN(CC)CCOc1ccc([B-](F)(F)F)cc1. The van der Waals surface area contributed by atoms with E-state index in [1.54, 1.807) is 0 Å². The molecule has 0 heterocycles. The van der Waals surface area contributed by atoms with Crippen LogP contribution in [-0.2, 0) is 0 Å². The van der Waals surface area contributed by atoms with Gasteiger partial charge in [0.05, 0.1) is 0 Å². The van der Waals surface area contributed by atoms with Crippen molar-refractivity contribution >= 4 is 12.4 Å². The number of nitrogens with zero attached hydrogens (tertiary/aromatic N) is 1. The molecule has 0 aromatic heterocycles. The minimum Gasteiger partial charge on any atom is -0.492 e. The van der Waals surface area contributed by atoms with Crippen LogP contribution < -0.4 is 10.2 Å². The lowest BCUT2D eigenvalue weighted by atomic mass is 9.80. The van der Waals surface area contributed by atoms with Gasteiger partial charge in [-0.25, -0.2) is 0 Å². The van der Waals surface area contributed by atoms with Gasteiger partial charge in [0.15, 0.2) is 0 Å². The molecule has 0 unspecified atom stereocenters. The molecule has 0 spiro atoms. The molecule has 1 rings (SSSR count). The van der Waals surface area contributed by atoms with Crippen LogP contribution in [0.5, 0.6) is 5.75 Å². The molecule has 0 aliphatic rings. The van der Waals surface area contributed by atoms with Crippen molar-refractivity contribution in [2.45, 2.75) is 13.8 Å². The topological polar surface area (TPSA) is 12.5 Å². The summed E-state index contributed by atoms with van der Waals surface area (Å²) in [5.41, 5.74) is -0.592. The number of hydrogen-bond donors (Lipinski definition) is 0. The third kappa shape index (κ3) is 4.60. The van der Waals surface area contributed by atoms with Crippen molar-refractivity contribution < 1.29 is 17.7 Å². The van der Waals surface area contributed by atoms with Gasteiger partial charge in [-0.2, -0.15) is 0 Å². The van der Waals surface area contributed by atoms with Gasteiger partial charge in [-0.1, -0.05) is 26.0 Å². The first-order valence-electron chi connectivity index (χ1n) is 6.12. The van der Waals surface area contributed by atoms with Gasteiger partial charge in [-0.15, -0.1) is 5.46 Å². The number of halogens is 3. The molecule has 0 fully saturated rings. The number of benzene rings is 1. The van der Waals surface area contributed by atoms with Crippen molar-refractivity contribution in [2.24, 2.45) is 0 Å². The molecule has 1 aromatic rings. The Morgan fingerprint density at radius 2 is 1.61 bits per heavy atom. The van der Waals surface area contributed by atoms with Crippen LogP contribution in [0.1, 0.15) is 13.8 Å². The fourth-order valence-electron chi connectivity index (χ4n) is 1.61. The first-order chi connectivity index (χ1) is 8.47. The molecule has 0 amide bonds. The van der Waals surface area contributed by atoms with Crippen LogP contribution in [0.3, 0.4) is 0 Å². The van der Waals surface area contributed by atoms with E-state index >= 15 is 0 Å². The first-order valence-corrected chi connectivity index (χ1v) is 6.12. The van der Waals surface area contributed by atoms with Gasteiger partial charge in [-0.3, -0.25) is 0 Å². The summed E-state index contributed by atoms with van der Waals surface area (Å²) in [5.74, 6) is 0.478. The van der Waals surface area contributed by atoms with Crippen LogP contribution >= 0.6 is 0 Å². The maximum absolute atomic E-state index is 12.4. The zero-order valence-electron chi connectivity index (χ0n) is 10.7. The monoisotopic (exact) mass is 260 g/mol. The molecule has 18 heavy (non-hydrogen) atoms. The molecule has 0 radical (unpaired) electrons. The first kappa shape index (κ1) is 14.9. The molecule has 2 nitrogen and oxygen atoms in total. The Kier molecular flexibility index (Phi) is 5.53. The molecule has 102 valence electrons. The van der Waals surface area contributed by atoms with Gasteiger partial charge < -0.3 is 22.6 Å². The van der Waals surface area contributed by atoms with E-state index in [9.17, 15) is 12.9 Å². The molecule has 0 N–H and O–H groups in total. The van der Waals surface area contributed by atoms with Crippen molar-refractivity contribution in [2.75, 3.05) is 26.2 Å². The molecule has 0 saturated carbocycles. The van der Waals surface area contributed by atoms with Gasteiger partial charge in [0.2, 0.25) is 0 Å². The second-order valence-electron chi connectivity index (χ2n) is 4.02. The molecular formula is C12H18BF3NO-. The third-order valence-electron chi connectivity index (χ3n) is 2.83. The van der Waals surface area contributed by atoms with E-state index in [0.29, 0.717) is 12.4 Å². The second-order valence-corrected chi connectivity index (χ2v) is 4.02. The smallest absolute Gasteiger partial charge is 0.492 e. The van der Waals surface area contributed by atoms with Crippen LogP contribution in [0, 0.1) is 0 Å². The van der Waals surface area contributed by atoms with Crippen LogP contribution in [-0.4, -0.2) is 38.1 Å². The van der Waals surface area contributed by atoms with Crippen LogP contribution in [0.4, 0.5) is 12.9 Å². The molecule has 0 saturated heterocycles. The van der Waals surface area contributed by atoms with Crippen molar-refractivity contribution in [3.8, 4) is 5.75 Å². The molecular weight excluding hydrogens is 242 g/mol. The van der Waals surface area contributed by atoms with E-state index in [1.807, 2.05) is 0 Å². The van der Waals surface area contributed by atoms with Gasteiger partial charge in [0.25, 0.3) is 0 Å². The Morgan fingerprint density at radius 3 is 2.06 bits per heavy atom. The van der Waals surface area contributed by atoms with Crippen LogP contribution in [0.2, 0.25) is 0 Å². The van der Waals surface area contributed by atoms with Crippen LogP contribution in [0.25, 0.3) is 0 Å². The lowest BCUT2D eigenvalue weighted by Gasteiger charge is -2.18. The Bertz CT molecular complexity index is 349. The van der Waals surface area contributed by atoms with Gasteiger partial charge in [0.1, 0.15) is 12.4 Å². The average Bonchev–Trinajstić information content (AvgIpc) is 2.34. The van der Waals surface area contributed by atoms with Gasteiger partial charge >= 0.3 is 6.98 Å². The summed E-state index contributed by atoms with van der Waals surface area (Å²) in [6, 6.07) is 4.86. The third-order valence-corrected chi connectivity index (χ3v) is 2.83. The summed E-state index contributed by atoms with van der Waals surface area (Å²) in [7, 11) is 0. The molecule has 0 aliphatic carbocycles. The maximum Gasteiger partial charge on any atom is 0.509 e. The number of rotatable bonds is 7. The lowest BCUT2D eigenvalue weighted by Crippen LogP contribution is -2.33. The standard InChI is InChI=1S/C12H18BF3NO/c1-3-17(4-2)9-10-18-12-7-5-11(6-8-12)13(14,15)16/h5-8H,3-4,9-10H2,1-2H3/q-1. The summed E-state index contributed by atoms with van der Waals surface area (Å²) >= 11 is 0. The lowest BCUT2D eigenvalue weighted by molar-refractivity contribution is 0.223. The summed E-state index contributed by atoms with van der Waals surface area (Å²) in [5, 5.41) is 0. The highest BCUT2D eigenvalue weighted by Crippen LogP contribution is 2.13. The molecule has 0 aliphatic heterocycles. The molecule has 0 bridgehead atoms. The van der Waals surface area contributed by atoms with E-state index in [0.717, 1.165) is 31.8 Å².